The third-order valence-corrected chi connectivity index (χ3v) is 3.30. The van der Waals surface area contributed by atoms with Crippen LogP contribution in [0.2, 0.25) is 0 Å². The summed E-state index contributed by atoms with van der Waals surface area (Å²) in [5, 5.41) is 0. The minimum absolute atomic E-state index is 0.206. The summed E-state index contributed by atoms with van der Waals surface area (Å²) in [5.41, 5.74) is 5.24. The molecule has 0 aromatic carbocycles. The molecule has 0 bridgehead atoms. The Morgan fingerprint density at radius 3 is 2.60 bits per heavy atom. The molecule has 15 heavy (non-hydrogen) atoms. The van der Waals surface area contributed by atoms with Crippen LogP contribution in [-0.2, 0) is 4.79 Å². The highest BCUT2D eigenvalue weighted by Gasteiger charge is 2.40. The molecular formula is C11H23N3O. The van der Waals surface area contributed by atoms with Gasteiger partial charge in [-0.25, -0.2) is 0 Å². The number of rotatable bonds is 3. The highest BCUT2D eigenvalue weighted by Crippen LogP contribution is 2.22. The third kappa shape index (κ3) is 2.49. The summed E-state index contributed by atoms with van der Waals surface area (Å²) in [6, 6.07) is 0. The van der Waals surface area contributed by atoms with Crippen LogP contribution < -0.4 is 5.73 Å². The van der Waals surface area contributed by atoms with Gasteiger partial charge in [0.15, 0.2) is 0 Å². The first kappa shape index (κ1) is 12.5. The lowest BCUT2D eigenvalue weighted by Crippen LogP contribution is -2.62. The predicted octanol–water partition coefficient (Wildman–Crippen LogP) is 0.134. The molecule has 1 rings (SSSR count). The maximum absolute atomic E-state index is 12.0. The number of hydrogen-bond donors (Lipinski definition) is 1. The van der Waals surface area contributed by atoms with Crippen LogP contribution in [0.4, 0.5) is 0 Å². The number of hydrogen-bond acceptors (Lipinski definition) is 3. The zero-order valence-corrected chi connectivity index (χ0v) is 10.3. The fourth-order valence-corrected chi connectivity index (χ4v) is 2.02. The van der Waals surface area contributed by atoms with Crippen LogP contribution in [0.15, 0.2) is 0 Å². The molecule has 0 spiro atoms. The molecule has 2 N–H and O–H groups in total. The number of likely N-dealkylation sites (N-methyl/N-ethyl adjacent to an activating group) is 1. The Morgan fingerprint density at radius 1 is 1.47 bits per heavy atom. The van der Waals surface area contributed by atoms with Gasteiger partial charge in [-0.2, -0.15) is 0 Å². The van der Waals surface area contributed by atoms with Gasteiger partial charge < -0.3 is 10.6 Å². The monoisotopic (exact) mass is 213 g/mol. The summed E-state index contributed by atoms with van der Waals surface area (Å²) in [5.74, 6) is 0.651. The minimum Gasteiger partial charge on any atom is -0.343 e. The Bertz CT molecular complexity index is 240. The molecule has 1 saturated heterocycles. The number of carbonyl (C=O) groups excluding carboxylic acids is 1. The molecule has 0 radical (unpaired) electrons. The molecule has 0 aromatic rings. The highest BCUT2D eigenvalue weighted by atomic mass is 16.2. The first-order chi connectivity index (χ1) is 6.89. The highest BCUT2D eigenvalue weighted by molar-refractivity contribution is 5.86. The Hall–Kier alpha value is -0.610. The van der Waals surface area contributed by atoms with Crippen LogP contribution in [-0.4, -0.2) is 54.5 Å². The van der Waals surface area contributed by atoms with E-state index in [4.69, 9.17) is 5.73 Å². The van der Waals surface area contributed by atoms with Gasteiger partial charge in [-0.05, 0) is 26.3 Å². The molecule has 4 heteroatoms. The smallest absolute Gasteiger partial charge is 0.242 e. The average molecular weight is 213 g/mol. The van der Waals surface area contributed by atoms with E-state index >= 15 is 0 Å². The maximum Gasteiger partial charge on any atom is 0.242 e. The standard InChI is InChI=1S/C11H23N3O/c1-9(7-12)8-14-6-5-13(4)10(15)11(14,2)3/h9H,5-8,12H2,1-4H3. The van der Waals surface area contributed by atoms with Gasteiger partial charge in [0.25, 0.3) is 0 Å². The first-order valence-corrected chi connectivity index (χ1v) is 5.60. The Kier molecular flexibility index (Phi) is 3.73. The molecule has 1 atom stereocenters. The zero-order valence-electron chi connectivity index (χ0n) is 10.3. The van der Waals surface area contributed by atoms with Crippen LogP contribution in [0.5, 0.6) is 0 Å². The van der Waals surface area contributed by atoms with Gasteiger partial charge in [0, 0.05) is 26.7 Å². The largest absolute Gasteiger partial charge is 0.343 e. The molecule has 1 heterocycles. The van der Waals surface area contributed by atoms with E-state index in [1.165, 1.54) is 0 Å². The zero-order chi connectivity index (χ0) is 11.6. The fourth-order valence-electron chi connectivity index (χ4n) is 2.02. The lowest BCUT2D eigenvalue weighted by Gasteiger charge is -2.45. The van der Waals surface area contributed by atoms with Crippen LogP contribution in [0.25, 0.3) is 0 Å². The molecule has 1 aliphatic heterocycles. The van der Waals surface area contributed by atoms with Crippen molar-refractivity contribution in [3.8, 4) is 0 Å². The lowest BCUT2D eigenvalue weighted by atomic mass is 9.96. The number of nitrogens with two attached hydrogens (primary N) is 1. The number of nitrogens with zero attached hydrogens (tertiary/aromatic N) is 2. The maximum atomic E-state index is 12.0. The van der Waals surface area contributed by atoms with Crippen LogP contribution in [0.1, 0.15) is 20.8 Å². The molecule has 4 nitrogen and oxygen atoms in total. The second kappa shape index (κ2) is 4.49. The van der Waals surface area contributed by atoms with Crippen molar-refractivity contribution in [3.63, 3.8) is 0 Å². The van der Waals surface area contributed by atoms with Gasteiger partial charge in [-0.3, -0.25) is 9.69 Å². The van der Waals surface area contributed by atoms with Gasteiger partial charge >= 0.3 is 0 Å². The van der Waals surface area contributed by atoms with Crippen molar-refractivity contribution in [2.45, 2.75) is 26.3 Å². The van der Waals surface area contributed by atoms with Crippen molar-refractivity contribution >= 4 is 5.91 Å². The van der Waals surface area contributed by atoms with Crippen molar-refractivity contribution < 1.29 is 4.79 Å². The topological polar surface area (TPSA) is 49.6 Å². The van der Waals surface area contributed by atoms with E-state index in [0.717, 1.165) is 19.6 Å². The molecule has 1 fully saturated rings. The van der Waals surface area contributed by atoms with Gasteiger partial charge in [0.05, 0.1) is 5.54 Å². The van der Waals surface area contributed by atoms with Gasteiger partial charge in [-0.15, -0.1) is 0 Å². The lowest BCUT2D eigenvalue weighted by molar-refractivity contribution is -0.147. The number of piperazine rings is 1. The summed E-state index contributed by atoms with van der Waals surface area (Å²) in [6.07, 6.45) is 0. The van der Waals surface area contributed by atoms with E-state index in [0.29, 0.717) is 12.5 Å². The molecule has 1 amide bonds. The van der Waals surface area contributed by atoms with E-state index < -0.39 is 0 Å². The second-order valence-electron chi connectivity index (χ2n) is 5.07. The molecule has 0 aliphatic carbocycles. The third-order valence-electron chi connectivity index (χ3n) is 3.30. The minimum atomic E-state index is -0.379. The van der Waals surface area contributed by atoms with E-state index in [-0.39, 0.29) is 11.4 Å². The molecule has 0 aromatic heterocycles. The van der Waals surface area contributed by atoms with Crippen LogP contribution >= 0.6 is 0 Å². The van der Waals surface area contributed by atoms with Gasteiger partial charge in [0.1, 0.15) is 0 Å². The fraction of sp³-hybridized carbons (Fsp3) is 0.909. The van der Waals surface area contributed by atoms with Crippen molar-refractivity contribution in [3.05, 3.63) is 0 Å². The molecule has 1 aliphatic rings. The summed E-state index contributed by atoms with van der Waals surface area (Å²) in [7, 11) is 1.87. The normalized spacial score (nSPS) is 24.3. The van der Waals surface area contributed by atoms with E-state index in [1.807, 2.05) is 25.8 Å². The molecule has 1 unspecified atom stereocenters. The van der Waals surface area contributed by atoms with Crippen molar-refractivity contribution in [2.24, 2.45) is 11.7 Å². The average Bonchev–Trinajstić information content (AvgIpc) is 2.19. The Balaban J connectivity index is 2.70. The summed E-state index contributed by atoms with van der Waals surface area (Å²) in [4.78, 5) is 16.0. The van der Waals surface area contributed by atoms with Crippen LogP contribution in [0, 0.1) is 5.92 Å². The summed E-state index contributed by atoms with van der Waals surface area (Å²) < 4.78 is 0. The van der Waals surface area contributed by atoms with Crippen molar-refractivity contribution in [1.29, 1.82) is 0 Å². The Labute approximate surface area is 92.4 Å². The van der Waals surface area contributed by atoms with Gasteiger partial charge in [-0.1, -0.05) is 6.92 Å². The number of carbonyl (C=O) groups is 1. The SMILES string of the molecule is CC(CN)CN1CCN(C)C(=O)C1(C)C. The van der Waals surface area contributed by atoms with E-state index in [2.05, 4.69) is 11.8 Å². The Morgan fingerprint density at radius 2 is 2.07 bits per heavy atom. The predicted molar refractivity (Wildman–Crippen MR) is 61.5 cm³/mol. The number of amides is 1. The molecule has 88 valence electrons. The van der Waals surface area contributed by atoms with Gasteiger partial charge in [0.2, 0.25) is 5.91 Å². The van der Waals surface area contributed by atoms with E-state index in [1.54, 1.807) is 0 Å². The van der Waals surface area contributed by atoms with Crippen molar-refractivity contribution in [1.82, 2.24) is 9.80 Å². The summed E-state index contributed by atoms with van der Waals surface area (Å²) in [6.45, 7) is 9.46. The summed E-state index contributed by atoms with van der Waals surface area (Å²) >= 11 is 0. The first-order valence-electron chi connectivity index (χ1n) is 5.60. The molecular weight excluding hydrogens is 190 g/mol. The van der Waals surface area contributed by atoms with Crippen LogP contribution in [0.3, 0.4) is 0 Å². The molecule has 0 saturated carbocycles. The van der Waals surface area contributed by atoms with E-state index in [9.17, 15) is 4.79 Å². The van der Waals surface area contributed by atoms with Crippen molar-refractivity contribution in [2.75, 3.05) is 33.2 Å². The quantitative estimate of drug-likeness (QED) is 0.725. The second-order valence-corrected chi connectivity index (χ2v) is 5.07.